The number of pyridine rings is 1. The molecule has 0 amide bonds. The third kappa shape index (κ3) is 3.40. The molecule has 1 unspecified atom stereocenters. The summed E-state index contributed by atoms with van der Waals surface area (Å²) in [6.45, 7) is 3.48. The summed E-state index contributed by atoms with van der Waals surface area (Å²) in [6.07, 6.45) is 3.62. The lowest BCUT2D eigenvalue weighted by Gasteiger charge is -2.36. The lowest BCUT2D eigenvalue weighted by molar-refractivity contribution is 0.153. The van der Waals surface area contributed by atoms with E-state index < -0.39 is 0 Å². The Balaban J connectivity index is 1.81. The van der Waals surface area contributed by atoms with E-state index in [9.17, 15) is 4.39 Å². The molecular weight excluding hydrogens is 289 g/mol. The Hall–Kier alpha value is -1.49. The van der Waals surface area contributed by atoms with Gasteiger partial charge in [-0.1, -0.05) is 17.7 Å². The molecule has 1 aromatic heterocycles. The number of hydrogen-bond donors (Lipinski definition) is 1. The SMILES string of the molecule is Fc1ccc(CN2CCNCC2c2ccncc2)c(Cl)c1. The third-order valence-electron chi connectivity index (χ3n) is 3.83. The van der Waals surface area contributed by atoms with Crippen molar-refractivity contribution in [3.63, 3.8) is 0 Å². The van der Waals surface area contributed by atoms with Crippen LogP contribution >= 0.6 is 11.6 Å². The molecule has 3 nitrogen and oxygen atoms in total. The number of halogens is 2. The van der Waals surface area contributed by atoms with Gasteiger partial charge in [0, 0.05) is 49.6 Å². The summed E-state index contributed by atoms with van der Waals surface area (Å²) in [5.74, 6) is -0.297. The lowest BCUT2D eigenvalue weighted by Crippen LogP contribution is -2.45. The van der Waals surface area contributed by atoms with Gasteiger partial charge in [0.05, 0.1) is 0 Å². The maximum Gasteiger partial charge on any atom is 0.124 e. The highest BCUT2D eigenvalue weighted by molar-refractivity contribution is 6.31. The van der Waals surface area contributed by atoms with Gasteiger partial charge in [-0.2, -0.15) is 0 Å². The molecule has 0 spiro atoms. The van der Waals surface area contributed by atoms with Crippen molar-refractivity contribution in [3.8, 4) is 0 Å². The largest absolute Gasteiger partial charge is 0.314 e. The zero-order valence-electron chi connectivity index (χ0n) is 11.6. The first-order chi connectivity index (χ1) is 10.2. The number of nitrogens with zero attached hydrogens (tertiary/aromatic N) is 2. The van der Waals surface area contributed by atoms with Crippen LogP contribution in [0.25, 0.3) is 0 Å². The first-order valence-electron chi connectivity index (χ1n) is 7.02. The Bertz CT molecular complexity index is 606. The molecule has 1 N–H and O–H groups in total. The van der Waals surface area contributed by atoms with Gasteiger partial charge >= 0.3 is 0 Å². The summed E-state index contributed by atoms with van der Waals surface area (Å²) in [5.41, 5.74) is 2.19. The van der Waals surface area contributed by atoms with E-state index in [1.54, 1.807) is 6.07 Å². The van der Waals surface area contributed by atoms with Gasteiger partial charge in [0.2, 0.25) is 0 Å². The quantitative estimate of drug-likeness (QED) is 0.945. The van der Waals surface area contributed by atoms with Crippen molar-refractivity contribution in [2.24, 2.45) is 0 Å². The monoisotopic (exact) mass is 305 g/mol. The van der Waals surface area contributed by atoms with E-state index in [0.717, 1.165) is 25.2 Å². The van der Waals surface area contributed by atoms with Crippen LogP contribution in [-0.4, -0.2) is 29.5 Å². The Morgan fingerprint density at radius 3 is 2.86 bits per heavy atom. The van der Waals surface area contributed by atoms with Crippen molar-refractivity contribution in [1.29, 1.82) is 0 Å². The predicted octanol–water partition coefficient (Wildman–Crippen LogP) is 3.02. The third-order valence-corrected chi connectivity index (χ3v) is 4.19. The van der Waals surface area contributed by atoms with E-state index in [0.29, 0.717) is 11.6 Å². The second kappa shape index (κ2) is 6.52. The first kappa shape index (κ1) is 14.4. The minimum Gasteiger partial charge on any atom is -0.314 e. The minimum absolute atomic E-state index is 0.280. The second-order valence-electron chi connectivity index (χ2n) is 5.21. The van der Waals surface area contributed by atoms with Crippen molar-refractivity contribution in [1.82, 2.24) is 15.2 Å². The standard InChI is InChI=1S/C16H17ClFN3/c17-15-9-14(18)2-1-13(15)11-21-8-7-20-10-16(21)12-3-5-19-6-4-12/h1-6,9,16,20H,7-8,10-11H2. The van der Waals surface area contributed by atoms with E-state index in [4.69, 9.17) is 11.6 Å². The molecular formula is C16H17ClFN3. The van der Waals surface area contributed by atoms with Gasteiger partial charge in [0.25, 0.3) is 0 Å². The molecule has 5 heteroatoms. The Labute approximate surface area is 128 Å². The summed E-state index contributed by atoms with van der Waals surface area (Å²) in [5, 5.41) is 3.91. The molecule has 1 fully saturated rings. The van der Waals surface area contributed by atoms with Crippen LogP contribution in [0.15, 0.2) is 42.7 Å². The molecule has 1 aliphatic heterocycles. The van der Waals surface area contributed by atoms with Gasteiger partial charge < -0.3 is 5.32 Å². The molecule has 1 aliphatic rings. The molecule has 2 aromatic rings. The molecule has 0 radical (unpaired) electrons. The highest BCUT2D eigenvalue weighted by Crippen LogP contribution is 2.26. The number of aromatic nitrogens is 1. The predicted molar refractivity (Wildman–Crippen MR) is 81.7 cm³/mol. The van der Waals surface area contributed by atoms with Gasteiger partial charge in [-0.15, -0.1) is 0 Å². The van der Waals surface area contributed by atoms with Crippen LogP contribution in [0, 0.1) is 5.82 Å². The van der Waals surface area contributed by atoms with Gasteiger partial charge in [0.15, 0.2) is 0 Å². The second-order valence-corrected chi connectivity index (χ2v) is 5.61. The lowest BCUT2D eigenvalue weighted by atomic mass is 10.0. The number of nitrogens with one attached hydrogen (secondary N) is 1. The van der Waals surface area contributed by atoms with Gasteiger partial charge in [0.1, 0.15) is 5.82 Å². The summed E-state index contributed by atoms with van der Waals surface area (Å²) < 4.78 is 13.2. The molecule has 1 atom stereocenters. The Kier molecular flexibility index (Phi) is 4.48. The number of piperazine rings is 1. The summed E-state index contributed by atoms with van der Waals surface area (Å²) in [7, 11) is 0. The number of benzene rings is 1. The highest BCUT2D eigenvalue weighted by Gasteiger charge is 2.24. The van der Waals surface area contributed by atoms with E-state index in [2.05, 4.69) is 15.2 Å². The zero-order valence-corrected chi connectivity index (χ0v) is 12.4. The zero-order chi connectivity index (χ0) is 14.7. The van der Waals surface area contributed by atoms with Crippen molar-refractivity contribution >= 4 is 11.6 Å². The average molecular weight is 306 g/mol. The van der Waals surface area contributed by atoms with Crippen LogP contribution < -0.4 is 5.32 Å². The number of hydrogen-bond acceptors (Lipinski definition) is 3. The fourth-order valence-electron chi connectivity index (χ4n) is 2.72. The molecule has 1 aromatic carbocycles. The van der Waals surface area contributed by atoms with Crippen molar-refractivity contribution in [3.05, 3.63) is 64.7 Å². The summed E-state index contributed by atoms with van der Waals surface area (Å²) in [6, 6.07) is 8.96. The van der Waals surface area contributed by atoms with Crippen molar-refractivity contribution in [2.45, 2.75) is 12.6 Å². The van der Waals surface area contributed by atoms with Crippen LogP contribution in [0.2, 0.25) is 5.02 Å². The van der Waals surface area contributed by atoms with Gasteiger partial charge in [-0.05, 0) is 35.4 Å². The average Bonchev–Trinajstić information content (AvgIpc) is 2.51. The molecule has 21 heavy (non-hydrogen) atoms. The molecule has 2 heterocycles. The first-order valence-corrected chi connectivity index (χ1v) is 7.40. The Morgan fingerprint density at radius 1 is 1.29 bits per heavy atom. The maximum atomic E-state index is 13.2. The normalized spacial score (nSPS) is 19.6. The smallest absolute Gasteiger partial charge is 0.124 e. The molecule has 0 bridgehead atoms. The topological polar surface area (TPSA) is 28.2 Å². The van der Waals surface area contributed by atoms with Crippen LogP contribution in [-0.2, 0) is 6.54 Å². The van der Waals surface area contributed by atoms with Gasteiger partial charge in [-0.3, -0.25) is 9.88 Å². The molecule has 1 saturated heterocycles. The van der Waals surface area contributed by atoms with Crippen molar-refractivity contribution in [2.75, 3.05) is 19.6 Å². The van der Waals surface area contributed by atoms with Crippen LogP contribution in [0.4, 0.5) is 4.39 Å². The Morgan fingerprint density at radius 2 is 2.10 bits per heavy atom. The van der Waals surface area contributed by atoms with E-state index in [1.165, 1.54) is 17.7 Å². The van der Waals surface area contributed by atoms with Crippen LogP contribution in [0.5, 0.6) is 0 Å². The molecule has 3 rings (SSSR count). The number of rotatable bonds is 3. The molecule has 110 valence electrons. The summed E-state index contributed by atoms with van der Waals surface area (Å²) >= 11 is 6.15. The van der Waals surface area contributed by atoms with Crippen LogP contribution in [0.1, 0.15) is 17.2 Å². The van der Waals surface area contributed by atoms with E-state index in [-0.39, 0.29) is 11.9 Å². The fraction of sp³-hybridized carbons (Fsp3) is 0.312. The highest BCUT2D eigenvalue weighted by atomic mass is 35.5. The van der Waals surface area contributed by atoms with E-state index in [1.807, 2.05) is 24.5 Å². The van der Waals surface area contributed by atoms with E-state index >= 15 is 0 Å². The van der Waals surface area contributed by atoms with Gasteiger partial charge in [-0.25, -0.2) is 4.39 Å². The summed E-state index contributed by atoms with van der Waals surface area (Å²) in [4.78, 5) is 6.44. The fourth-order valence-corrected chi connectivity index (χ4v) is 2.95. The maximum absolute atomic E-state index is 13.2. The van der Waals surface area contributed by atoms with Crippen molar-refractivity contribution < 1.29 is 4.39 Å². The minimum atomic E-state index is -0.297. The van der Waals surface area contributed by atoms with Crippen LogP contribution in [0.3, 0.4) is 0 Å². The molecule has 0 saturated carbocycles. The molecule has 0 aliphatic carbocycles.